The lowest BCUT2D eigenvalue weighted by atomic mass is 10.0. The van der Waals surface area contributed by atoms with Gasteiger partial charge in [0.1, 0.15) is 19.8 Å². The third-order valence-corrected chi connectivity index (χ3v) is 12.2. The Balaban J connectivity index is 4.21. The molecule has 0 amide bonds. The van der Waals surface area contributed by atoms with Gasteiger partial charge in [-0.1, -0.05) is 206 Å². The second-order valence-electron chi connectivity index (χ2n) is 18.5. The number of hydrogen-bond donors (Lipinski definition) is 0. The zero-order chi connectivity index (χ0) is 44.3. The molecule has 356 valence electrons. The van der Waals surface area contributed by atoms with E-state index in [9.17, 15) is 19.0 Å². The number of esters is 2. The van der Waals surface area contributed by atoms with Gasteiger partial charge in [0, 0.05) is 12.8 Å². The summed E-state index contributed by atoms with van der Waals surface area (Å²) in [5.41, 5.74) is 0. The second-order valence-corrected chi connectivity index (χ2v) is 20.0. The van der Waals surface area contributed by atoms with Gasteiger partial charge in [-0.2, -0.15) is 0 Å². The van der Waals surface area contributed by atoms with Gasteiger partial charge in [-0.25, -0.2) is 0 Å². The van der Waals surface area contributed by atoms with E-state index in [0.717, 1.165) is 44.9 Å². The number of rotatable bonds is 47. The van der Waals surface area contributed by atoms with Crippen molar-refractivity contribution in [3.63, 3.8) is 0 Å². The van der Waals surface area contributed by atoms with Crippen molar-refractivity contribution in [3.05, 3.63) is 12.2 Å². The van der Waals surface area contributed by atoms with Crippen LogP contribution >= 0.6 is 7.82 Å². The van der Waals surface area contributed by atoms with E-state index >= 15 is 0 Å². The molecule has 0 aliphatic carbocycles. The predicted octanol–water partition coefficient (Wildman–Crippen LogP) is 14.3. The topological polar surface area (TPSA) is 111 Å². The van der Waals surface area contributed by atoms with E-state index < -0.39 is 26.5 Å². The Bertz CT molecular complexity index is 1030. The quantitative estimate of drug-likeness (QED) is 0.0195. The fraction of sp³-hybridized carbons (Fsp3) is 0.920. The van der Waals surface area contributed by atoms with Crippen molar-refractivity contribution in [1.82, 2.24) is 0 Å². The first kappa shape index (κ1) is 58.8. The van der Waals surface area contributed by atoms with Crippen LogP contribution in [0.3, 0.4) is 0 Å². The molecule has 0 N–H and O–H groups in total. The molecule has 0 spiro atoms. The summed E-state index contributed by atoms with van der Waals surface area (Å²) in [6, 6.07) is 0. The van der Waals surface area contributed by atoms with Crippen molar-refractivity contribution in [2.24, 2.45) is 0 Å². The van der Waals surface area contributed by atoms with Gasteiger partial charge in [0.05, 0.1) is 27.7 Å². The summed E-state index contributed by atoms with van der Waals surface area (Å²) in [5.74, 6) is -0.825. The normalized spacial score (nSPS) is 13.5. The number of allylic oxidation sites excluding steroid dienone is 2. The Morgan fingerprint density at radius 2 is 0.850 bits per heavy atom. The molecular formula is C50H98NO8P. The third kappa shape index (κ3) is 46.3. The molecule has 0 radical (unpaired) electrons. The number of nitrogens with zero attached hydrogens (tertiary/aromatic N) is 1. The summed E-state index contributed by atoms with van der Waals surface area (Å²) in [5, 5.41) is 0. The first-order valence-corrected chi connectivity index (χ1v) is 26.9. The zero-order valence-electron chi connectivity index (χ0n) is 40.2. The molecule has 0 fully saturated rings. The van der Waals surface area contributed by atoms with Crippen molar-refractivity contribution in [2.75, 3.05) is 47.5 Å². The van der Waals surface area contributed by atoms with E-state index in [1.807, 2.05) is 21.1 Å². The van der Waals surface area contributed by atoms with Crippen LogP contribution in [0.25, 0.3) is 0 Å². The monoisotopic (exact) mass is 872 g/mol. The van der Waals surface area contributed by atoms with Crippen LogP contribution in [0.1, 0.15) is 245 Å². The number of phosphoric ester groups is 1. The van der Waals surface area contributed by atoms with Crippen molar-refractivity contribution in [2.45, 2.75) is 251 Å². The summed E-state index contributed by atoms with van der Waals surface area (Å²) in [6.45, 7) is 4.26. The molecule has 60 heavy (non-hydrogen) atoms. The molecule has 0 rings (SSSR count). The van der Waals surface area contributed by atoms with E-state index in [2.05, 4.69) is 26.0 Å². The standard InChI is InChI=1S/C50H98NO8P/c1-6-8-10-12-14-16-18-20-22-23-24-25-26-27-29-31-33-35-37-39-41-43-50(53)59-48(47-58-60(54,55)57-45-44-51(3,4)5)46-56-49(52)42-40-38-36-34-32-30-28-21-19-17-15-13-11-9-7-2/h17,19,48H,6-16,18,20-47H2,1-5H3/b19-17+/t48-/m1/s1. The Morgan fingerprint density at radius 3 is 1.25 bits per heavy atom. The molecule has 0 aliphatic heterocycles. The average molecular weight is 872 g/mol. The molecular weight excluding hydrogens is 774 g/mol. The molecule has 2 atom stereocenters. The number of unbranched alkanes of at least 4 members (excludes halogenated alkanes) is 31. The van der Waals surface area contributed by atoms with Crippen molar-refractivity contribution in [1.29, 1.82) is 0 Å². The SMILES string of the molecule is CCCCCC/C=C/CCCCCCCCCC(=O)OC[C@H](COP(=O)([O-])OCC[N+](C)(C)C)OC(=O)CCCCCCCCCCCCCCCCCCCCCCC. The lowest BCUT2D eigenvalue weighted by molar-refractivity contribution is -0.870. The van der Waals surface area contributed by atoms with Crippen LogP contribution in [-0.4, -0.2) is 70.0 Å². The molecule has 0 saturated heterocycles. The smallest absolute Gasteiger partial charge is 0.306 e. The Morgan fingerprint density at radius 1 is 0.500 bits per heavy atom. The van der Waals surface area contributed by atoms with Gasteiger partial charge < -0.3 is 27.9 Å². The third-order valence-electron chi connectivity index (χ3n) is 11.3. The molecule has 0 heterocycles. The molecule has 10 heteroatoms. The first-order chi connectivity index (χ1) is 29.0. The molecule has 0 aromatic heterocycles. The summed E-state index contributed by atoms with van der Waals surface area (Å²) in [6.07, 6.45) is 46.7. The number of carbonyl (C=O) groups is 2. The average Bonchev–Trinajstić information content (AvgIpc) is 3.20. The molecule has 0 aromatic carbocycles. The minimum atomic E-state index is -4.62. The number of carbonyl (C=O) groups excluding carboxylic acids is 2. The number of likely N-dealkylation sites (N-methyl/N-ethyl adjacent to an activating group) is 1. The summed E-state index contributed by atoms with van der Waals surface area (Å²) < 4.78 is 34.0. The van der Waals surface area contributed by atoms with Gasteiger partial charge in [-0.15, -0.1) is 0 Å². The highest BCUT2D eigenvalue weighted by atomic mass is 31.2. The Kier molecular flexibility index (Phi) is 42.1. The highest BCUT2D eigenvalue weighted by Crippen LogP contribution is 2.38. The summed E-state index contributed by atoms with van der Waals surface area (Å²) in [4.78, 5) is 37.7. The van der Waals surface area contributed by atoms with Crippen LogP contribution in [0.2, 0.25) is 0 Å². The predicted molar refractivity (Wildman–Crippen MR) is 250 cm³/mol. The van der Waals surface area contributed by atoms with E-state index in [0.29, 0.717) is 17.4 Å². The minimum absolute atomic E-state index is 0.0280. The molecule has 1 unspecified atom stereocenters. The van der Waals surface area contributed by atoms with Crippen LogP contribution in [0, 0.1) is 0 Å². The van der Waals surface area contributed by atoms with Crippen LogP contribution < -0.4 is 4.89 Å². The maximum absolute atomic E-state index is 12.7. The fourth-order valence-corrected chi connectivity index (χ4v) is 8.03. The van der Waals surface area contributed by atoms with Crippen molar-refractivity contribution < 1.29 is 42.1 Å². The summed E-state index contributed by atoms with van der Waals surface area (Å²) >= 11 is 0. The van der Waals surface area contributed by atoms with Crippen LogP contribution in [0.5, 0.6) is 0 Å². The molecule has 0 saturated carbocycles. The number of phosphoric acid groups is 1. The van der Waals surface area contributed by atoms with E-state index in [4.69, 9.17) is 18.5 Å². The molecule has 0 aliphatic rings. The molecule has 0 bridgehead atoms. The van der Waals surface area contributed by atoms with Gasteiger partial charge in [0.15, 0.2) is 6.10 Å². The molecule has 9 nitrogen and oxygen atoms in total. The van der Waals surface area contributed by atoms with Crippen LogP contribution in [0.15, 0.2) is 12.2 Å². The first-order valence-electron chi connectivity index (χ1n) is 25.4. The lowest BCUT2D eigenvalue weighted by Crippen LogP contribution is -2.37. The van der Waals surface area contributed by atoms with Crippen LogP contribution in [0.4, 0.5) is 0 Å². The fourth-order valence-electron chi connectivity index (χ4n) is 7.30. The number of ether oxygens (including phenoxy) is 2. The van der Waals surface area contributed by atoms with E-state index in [1.165, 1.54) is 167 Å². The molecule has 0 aromatic rings. The zero-order valence-corrected chi connectivity index (χ0v) is 41.1. The van der Waals surface area contributed by atoms with E-state index in [-0.39, 0.29) is 32.0 Å². The maximum atomic E-state index is 12.7. The largest absolute Gasteiger partial charge is 0.756 e. The number of hydrogen-bond acceptors (Lipinski definition) is 8. The second kappa shape index (κ2) is 43.0. The Hall–Kier alpha value is -1.25. The minimum Gasteiger partial charge on any atom is -0.756 e. The van der Waals surface area contributed by atoms with E-state index in [1.54, 1.807) is 0 Å². The van der Waals surface area contributed by atoms with Crippen molar-refractivity contribution in [3.8, 4) is 0 Å². The highest BCUT2D eigenvalue weighted by Gasteiger charge is 2.21. The van der Waals surface area contributed by atoms with Gasteiger partial charge in [-0.05, 0) is 38.5 Å². The maximum Gasteiger partial charge on any atom is 0.306 e. The Labute approximate surface area is 371 Å². The number of quaternary nitrogens is 1. The lowest BCUT2D eigenvalue weighted by Gasteiger charge is -2.28. The highest BCUT2D eigenvalue weighted by molar-refractivity contribution is 7.45. The van der Waals surface area contributed by atoms with Gasteiger partial charge >= 0.3 is 11.9 Å². The van der Waals surface area contributed by atoms with Gasteiger partial charge in [0.2, 0.25) is 0 Å². The van der Waals surface area contributed by atoms with Crippen LogP contribution in [-0.2, 0) is 32.7 Å². The van der Waals surface area contributed by atoms with Gasteiger partial charge in [-0.3, -0.25) is 14.2 Å². The summed E-state index contributed by atoms with van der Waals surface area (Å²) in [7, 11) is 1.18. The van der Waals surface area contributed by atoms with Crippen molar-refractivity contribution >= 4 is 19.8 Å². The van der Waals surface area contributed by atoms with Gasteiger partial charge in [0.25, 0.3) is 7.82 Å².